The summed E-state index contributed by atoms with van der Waals surface area (Å²) in [6.07, 6.45) is -3.46. The number of nitrogens with zero attached hydrogens (tertiary/aromatic N) is 2. The van der Waals surface area contributed by atoms with Crippen molar-refractivity contribution in [2.45, 2.75) is 6.18 Å². The van der Waals surface area contributed by atoms with Gasteiger partial charge in [0.05, 0.1) is 5.69 Å². The minimum atomic E-state index is -4.54. The molecule has 1 aromatic carbocycles. The summed E-state index contributed by atoms with van der Waals surface area (Å²) >= 11 is 5.69. The van der Waals surface area contributed by atoms with E-state index in [2.05, 4.69) is 9.97 Å². The van der Waals surface area contributed by atoms with E-state index in [1.54, 1.807) is 24.3 Å². The Kier molecular flexibility index (Phi) is 3.02. The summed E-state index contributed by atoms with van der Waals surface area (Å²) in [5.41, 5.74) is 0.770. The fourth-order valence-electron chi connectivity index (χ4n) is 1.28. The van der Waals surface area contributed by atoms with Gasteiger partial charge in [0.2, 0.25) is 5.82 Å². The lowest BCUT2D eigenvalue weighted by Crippen LogP contribution is -2.10. The van der Waals surface area contributed by atoms with Crippen LogP contribution in [0.5, 0.6) is 0 Å². The van der Waals surface area contributed by atoms with Crippen molar-refractivity contribution in [1.29, 1.82) is 0 Å². The largest absolute Gasteiger partial charge is 0.451 e. The first-order chi connectivity index (χ1) is 7.97. The smallest absolute Gasteiger partial charge is 0.233 e. The molecule has 1 aromatic heterocycles. The van der Waals surface area contributed by atoms with Gasteiger partial charge in [-0.25, -0.2) is 9.97 Å². The predicted molar refractivity (Wildman–Crippen MR) is 57.5 cm³/mol. The summed E-state index contributed by atoms with van der Waals surface area (Å²) in [5.74, 6) is -1.15. The van der Waals surface area contributed by atoms with Gasteiger partial charge < -0.3 is 0 Å². The zero-order valence-electron chi connectivity index (χ0n) is 8.37. The van der Waals surface area contributed by atoms with E-state index in [1.807, 2.05) is 0 Å². The summed E-state index contributed by atoms with van der Waals surface area (Å²) in [5, 5.41) is 0.513. The number of benzene rings is 1. The fraction of sp³-hybridized carbons (Fsp3) is 0.0909. The number of rotatable bonds is 1. The number of alkyl halides is 3. The first-order valence-corrected chi connectivity index (χ1v) is 5.01. The van der Waals surface area contributed by atoms with Crippen molar-refractivity contribution in [1.82, 2.24) is 9.97 Å². The maximum absolute atomic E-state index is 12.4. The summed E-state index contributed by atoms with van der Waals surface area (Å²) < 4.78 is 37.2. The van der Waals surface area contributed by atoms with E-state index in [9.17, 15) is 13.2 Å². The van der Waals surface area contributed by atoms with Crippen LogP contribution in [0, 0.1) is 0 Å². The highest BCUT2D eigenvalue weighted by atomic mass is 35.5. The van der Waals surface area contributed by atoms with Gasteiger partial charge in [-0.3, -0.25) is 0 Å². The Balaban J connectivity index is 2.43. The molecule has 0 aliphatic carbocycles. The minimum Gasteiger partial charge on any atom is -0.233 e. The number of hydrogen-bond acceptors (Lipinski definition) is 2. The maximum atomic E-state index is 12.4. The molecule has 0 spiro atoms. The third-order valence-corrected chi connectivity index (χ3v) is 2.30. The van der Waals surface area contributed by atoms with Crippen LogP contribution in [-0.4, -0.2) is 9.97 Å². The van der Waals surface area contributed by atoms with Crippen LogP contribution < -0.4 is 0 Å². The first-order valence-electron chi connectivity index (χ1n) is 4.63. The molecule has 0 atom stereocenters. The number of halogens is 4. The summed E-state index contributed by atoms with van der Waals surface area (Å²) in [7, 11) is 0. The monoisotopic (exact) mass is 258 g/mol. The molecule has 0 bridgehead atoms. The molecule has 0 saturated heterocycles. The van der Waals surface area contributed by atoms with Crippen LogP contribution in [0.4, 0.5) is 13.2 Å². The van der Waals surface area contributed by atoms with Crippen molar-refractivity contribution in [3.8, 4) is 11.3 Å². The van der Waals surface area contributed by atoms with Crippen molar-refractivity contribution in [3.63, 3.8) is 0 Å². The third-order valence-electron chi connectivity index (χ3n) is 2.05. The van der Waals surface area contributed by atoms with E-state index in [-0.39, 0.29) is 5.69 Å². The highest BCUT2D eigenvalue weighted by Gasteiger charge is 2.34. The average molecular weight is 259 g/mol. The predicted octanol–water partition coefficient (Wildman–Crippen LogP) is 3.82. The van der Waals surface area contributed by atoms with E-state index in [4.69, 9.17) is 11.6 Å². The average Bonchev–Trinajstić information content (AvgIpc) is 2.29. The van der Waals surface area contributed by atoms with Crippen LogP contribution >= 0.6 is 11.6 Å². The normalized spacial score (nSPS) is 11.5. The number of aromatic nitrogens is 2. The van der Waals surface area contributed by atoms with Gasteiger partial charge in [-0.1, -0.05) is 23.7 Å². The molecule has 0 fully saturated rings. The maximum Gasteiger partial charge on any atom is 0.451 e. The van der Waals surface area contributed by atoms with Crippen molar-refractivity contribution in [3.05, 3.63) is 47.4 Å². The molecule has 88 valence electrons. The van der Waals surface area contributed by atoms with Crippen LogP contribution in [0.1, 0.15) is 5.82 Å². The zero-order valence-corrected chi connectivity index (χ0v) is 9.13. The number of hydrogen-bond donors (Lipinski definition) is 0. The third kappa shape index (κ3) is 2.74. The van der Waals surface area contributed by atoms with Crippen LogP contribution in [0.25, 0.3) is 11.3 Å². The standard InChI is InChI=1S/C11H6ClF3N2/c12-8-3-1-7(2-4-8)9-5-6-16-10(17-9)11(13,14)15/h1-6H. The molecule has 2 nitrogen and oxygen atoms in total. The van der Waals surface area contributed by atoms with Gasteiger partial charge >= 0.3 is 6.18 Å². The summed E-state index contributed by atoms with van der Waals surface area (Å²) in [6, 6.07) is 7.80. The van der Waals surface area contributed by atoms with E-state index in [0.29, 0.717) is 10.6 Å². The lowest BCUT2D eigenvalue weighted by molar-refractivity contribution is -0.144. The molecule has 6 heteroatoms. The molecular formula is C11H6ClF3N2. The van der Waals surface area contributed by atoms with E-state index in [1.165, 1.54) is 6.07 Å². The Bertz CT molecular complexity index is 523. The van der Waals surface area contributed by atoms with E-state index < -0.39 is 12.0 Å². The quantitative estimate of drug-likeness (QED) is 0.777. The molecular weight excluding hydrogens is 253 g/mol. The van der Waals surface area contributed by atoms with Crippen molar-refractivity contribution in [2.75, 3.05) is 0 Å². The fourth-order valence-corrected chi connectivity index (χ4v) is 1.40. The lowest BCUT2D eigenvalue weighted by Gasteiger charge is -2.06. The topological polar surface area (TPSA) is 25.8 Å². The lowest BCUT2D eigenvalue weighted by atomic mass is 10.1. The molecule has 2 rings (SSSR count). The van der Waals surface area contributed by atoms with Crippen LogP contribution in [0.2, 0.25) is 5.02 Å². The molecule has 0 unspecified atom stereocenters. The molecule has 0 aliphatic heterocycles. The molecule has 0 radical (unpaired) electrons. The SMILES string of the molecule is FC(F)(F)c1nccc(-c2ccc(Cl)cc2)n1. The minimum absolute atomic E-state index is 0.212. The highest BCUT2D eigenvalue weighted by Crippen LogP contribution is 2.27. The van der Waals surface area contributed by atoms with Crippen molar-refractivity contribution in [2.24, 2.45) is 0 Å². The van der Waals surface area contributed by atoms with E-state index >= 15 is 0 Å². The van der Waals surface area contributed by atoms with Crippen LogP contribution in [0.3, 0.4) is 0 Å². The molecule has 1 heterocycles. The Labute approximate surface area is 100 Å². The van der Waals surface area contributed by atoms with Crippen molar-refractivity contribution < 1.29 is 13.2 Å². The zero-order chi connectivity index (χ0) is 12.5. The highest BCUT2D eigenvalue weighted by molar-refractivity contribution is 6.30. The van der Waals surface area contributed by atoms with Gasteiger partial charge in [0.1, 0.15) is 0 Å². The van der Waals surface area contributed by atoms with Gasteiger partial charge in [0.15, 0.2) is 0 Å². The summed E-state index contributed by atoms with van der Waals surface area (Å²) in [6.45, 7) is 0. The molecule has 0 N–H and O–H groups in total. The molecule has 0 saturated carbocycles. The Morgan fingerprint density at radius 2 is 1.65 bits per heavy atom. The molecule has 17 heavy (non-hydrogen) atoms. The van der Waals surface area contributed by atoms with E-state index in [0.717, 1.165) is 6.20 Å². The van der Waals surface area contributed by atoms with Gasteiger partial charge in [0, 0.05) is 16.8 Å². The van der Waals surface area contributed by atoms with Gasteiger partial charge in [-0.05, 0) is 18.2 Å². The van der Waals surface area contributed by atoms with Crippen LogP contribution in [0.15, 0.2) is 36.5 Å². The second-order valence-electron chi connectivity index (χ2n) is 3.27. The second kappa shape index (κ2) is 4.33. The van der Waals surface area contributed by atoms with Crippen molar-refractivity contribution >= 4 is 11.6 Å². The molecule has 0 aliphatic rings. The first kappa shape index (κ1) is 11.9. The second-order valence-corrected chi connectivity index (χ2v) is 3.71. The van der Waals surface area contributed by atoms with Crippen LogP contribution in [-0.2, 0) is 6.18 Å². The molecule has 0 amide bonds. The van der Waals surface area contributed by atoms with Gasteiger partial charge in [-0.2, -0.15) is 13.2 Å². The Morgan fingerprint density at radius 1 is 1.00 bits per heavy atom. The van der Waals surface area contributed by atoms with Gasteiger partial charge in [0.25, 0.3) is 0 Å². The Morgan fingerprint density at radius 3 is 2.24 bits per heavy atom. The Hall–Kier alpha value is -1.62. The molecule has 2 aromatic rings. The van der Waals surface area contributed by atoms with Gasteiger partial charge in [-0.15, -0.1) is 0 Å². The summed E-state index contributed by atoms with van der Waals surface area (Å²) in [4.78, 5) is 6.66.